The molecule has 1 unspecified atom stereocenters. The van der Waals surface area contributed by atoms with Crippen molar-refractivity contribution in [2.24, 2.45) is 0 Å². The zero-order valence-corrected chi connectivity index (χ0v) is 9.76. The van der Waals surface area contributed by atoms with Crippen molar-refractivity contribution >= 4 is 12.0 Å². The van der Waals surface area contributed by atoms with Crippen LogP contribution in [0.2, 0.25) is 0 Å². The van der Waals surface area contributed by atoms with Gasteiger partial charge >= 0.3 is 0 Å². The van der Waals surface area contributed by atoms with Gasteiger partial charge in [0.05, 0.1) is 12.7 Å². The van der Waals surface area contributed by atoms with E-state index in [-0.39, 0.29) is 19.1 Å². The summed E-state index contributed by atoms with van der Waals surface area (Å²) in [5.41, 5.74) is 2.10. The first-order valence-corrected chi connectivity index (χ1v) is 5.43. The number of carbonyl (C=O) groups excluding carboxylic acids is 1. The number of amides is 1. The minimum Gasteiger partial charge on any atom is -0.394 e. The van der Waals surface area contributed by atoms with Gasteiger partial charge in [-0.15, -0.1) is 0 Å². The molecule has 0 aromatic heterocycles. The fourth-order valence-electron chi connectivity index (χ4n) is 1.19. The standard InChI is InChI=1S/C13H17NO3/c1-10-2-4-11(5-3-10)6-7-13(17)14-8-12(16)9-15/h2-7,12,15-16H,8-9H2,1H3,(H,14,17). The van der Waals surface area contributed by atoms with Crippen LogP contribution >= 0.6 is 0 Å². The van der Waals surface area contributed by atoms with Gasteiger partial charge in [-0.1, -0.05) is 29.8 Å². The average Bonchev–Trinajstić information content (AvgIpc) is 2.35. The molecule has 0 saturated carbocycles. The Labute approximate surface area is 101 Å². The SMILES string of the molecule is Cc1ccc(C=CC(=O)NCC(O)CO)cc1. The Balaban J connectivity index is 2.42. The Kier molecular flexibility index (Phi) is 5.39. The molecule has 0 aliphatic heterocycles. The summed E-state index contributed by atoms with van der Waals surface area (Å²) in [6.45, 7) is 1.69. The summed E-state index contributed by atoms with van der Waals surface area (Å²) in [5, 5.41) is 20.1. The lowest BCUT2D eigenvalue weighted by molar-refractivity contribution is -0.117. The van der Waals surface area contributed by atoms with Crippen molar-refractivity contribution in [1.29, 1.82) is 0 Å². The molecule has 0 spiro atoms. The second kappa shape index (κ2) is 6.83. The molecule has 92 valence electrons. The third kappa shape index (κ3) is 5.29. The first kappa shape index (κ1) is 13.4. The lowest BCUT2D eigenvalue weighted by atomic mass is 10.1. The first-order valence-electron chi connectivity index (χ1n) is 5.43. The maximum absolute atomic E-state index is 11.3. The van der Waals surface area contributed by atoms with Crippen LogP contribution in [0, 0.1) is 6.92 Å². The molecule has 1 aromatic carbocycles. The van der Waals surface area contributed by atoms with Crippen molar-refractivity contribution in [1.82, 2.24) is 5.32 Å². The predicted octanol–water partition coefficient (Wildman–Crippen LogP) is 0.478. The Bertz CT molecular complexity index is 384. The van der Waals surface area contributed by atoms with E-state index in [1.165, 1.54) is 6.08 Å². The molecule has 0 heterocycles. The van der Waals surface area contributed by atoms with Crippen molar-refractivity contribution in [2.75, 3.05) is 13.2 Å². The Morgan fingerprint density at radius 1 is 1.41 bits per heavy atom. The van der Waals surface area contributed by atoms with Crippen molar-refractivity contribution in [3.8, 4) is 0 Å². The highest BCUT2D eigenvalue weighted by atomic mass is 16.3. The third-order valence-electron chi connectivity index (χ3n) is 2.23. The average molecular weight is 235 g/mol. The van der Waals surface area contributed by atoms with Gasteiger partial charge in [-0.05, 0) is 18.6 Å². The predicted molar refractivity (Wildman–Crippen MR) is 66.3 cm³/mol. The first-order chi connectivity index (χ1) is 8.11. The molecule has 4 nitrogen and oxygen atoms in total. The molecular weight excluding hydrogens is 218 g/mol. The number of rotatable bonds is 5. The Morgan fingerprint density at radius 2 is 2.06 bits per heavy atom. The highest BCUT2D eigenvalue weighted by molar-refractivity contribution is 5.91. The number of hydrogen-bond acceptors (Lipinski definition) is 3. The van der Waals surface area contributed by atoms with Crippen LogP contribution in [0.4, 0.5) is 0 Å². The van der Waals surface area contributed by atoms with E-state index < -0.39 is 6.10 Å². The van der Waals surface area contributed by atoms with Crippen molar-refractivity contribution in [3.05, 3.63) is 41.5 Å². The number of aliphatic hydroxyl groups is 2. The molecule has 0 aliphatic rings. The maximum atomic E-state index is 11.3. The van der Waals surface area contributed by atoms with Gasteiger partial charge in [-0.2, -0.15) is 0 Å². The van der Waals surface area contributed by atoms with Crippen LogP contribution in [0.3, 0.4) is 0 Å². The molecule has 0 radical (unpaired) electrons. The summed E-state index contributed by atoms with van der Waals surface area (Å²) < 4.78 is 0. The topological polar surface area (TPSA) is 69.6 Å². The van der Waals surface area contributed by atoms with Crippen molar-refractivity contribution in [2.45, 2.75) is 13.0 Å². The van der Waals surface area contributed by atoms with Crippen LogP contribution in [-0.4, -0.2) is 35.4 Å². The fourth-order valence-corrected chi connectivity index (χ4v) is 1.19. The van der Waals surface area contributed by atoms with Gasteiger partial charge in [-0.3, -0.25) is 4.79 Å². The van der Waals surface area contributed by atoms with Gasteiger partial charge < -0.3 is 15.5 Å². The second-order valence-electron chi connectivity index (χ2n) is 3.83. The minimum atomic E-state index is -0.910. The Morgan fingerprint density at radius 3 is 2.65 bits per heavy atom. The number of hydrogen-bond donors (Lipinski definition) is 3. The van der Waals surface area contributed by atoms with E-state index in [1.54, 1.807) is 6.08 Å². The van der Waals surface area contributed by atoms with E-state index >= 15 is 0 Å². The van der Waals surface area contributed by atoms with E-state index in [0.717, 1.165) is 11.1 Å². The molecule has 17 heavy (non-hydrogen) atoms. The summed E-state index contributed by atoms with van der Waals surface area (Å²) in [7, 11) is 0. The Hall–Kier alpha value is -1.65. The zero-order chi connectivity index (χ0) is 12.7. The highest BCUT2D eigenvalue weighted by Gasteiger charge is 2.02. The molecule has 0 fully saturated rings. The lowest BCUT2D eigenvalue weighted by Gasteiger charge is -2.06. The van der Waals surface area contributed by atoms with Crippen LogP contribution in [0.15, 0.2) is 30.3 Å². The quantitative estimate of drug-likeness (QED) is 0.650. The molecular formula is C13H17NO3. The molecule has 0 bridgehead atoms. The van der Waals surface area contributed by atoms with Crippen molar-refractivity contribution < 1.29 is 15.0 Å². The molecule has 4 heteroatoms. The smallest absolute Gasteiger partial charge is 0.244 e. The molecule has 1 aromatic rings. The lowest BCUT2D eigenvalue weighted by Crippen LogP contribution is -2.32. The molecule has 0 aliphatic carbocycles. The van der Waals surface area contributed by atoms with Gasteiger partial charge in [0.25, 0.3) is 0 Å². The van der Waals surface area contributed by atoms with E-state index in [0.29, 0.717) is 0 Å². The van der Waals surface area contributed by atoms with Gasteiger partial charge in [0, 0.05) is 12.6 Å². The molecule has 1 rings (SSSR count). The number of aliphatic hydroxyl groups excluding tert-OH is 2. The van der Waals surface area contributed by atoms with E-state index in [9.17, 15) is 4.79 Å². The van der Waals surface area contributed by atoms with E-state index in [4.69, 9.17) is 10.2 Å². The normalized spacial score (nSPS) is 12.6. The van der Waals surface area contributed by atoms with Crippen LogP contribution < -0.4 is 5.32 Å². The molecule has 0 saturated heterocycles. The van der Waals surface area contributed by atoms with Gasteiger partial charge in [0.2, 0.25) is 5.91 Å². The summed E-state index contributed by atoms with van der Waals surface area (Å²) in [6, 6.07) is 7.77. The maximum Gasteiger partial charge on any atom is 0.244 e. The molecule has 3 N–H and O–H groups in total. The number of aryl methyl sites for hydroxylation is 1. The third-order valence-corrected chi connectivity index (χ3v) is 2.23. The minimum absolute atomic E-state index is 0.0492. The van der Waals surface area contributed by atoms with Crippen LogP contribution in [-0.2, 0) is 4.79 Å². The van der Waals surface area contributed by atoms with Gasteiger partial charge in [0.15, 0.2) is 0 Å². The molecule has 1 atom stereocenters. The number of benzene rings is 1. The monoisotopic (exact) mass is 235 g/mol. The summed E-state index contributed by atoms with van der Waals surface area (Å²) in [6.07, 6.45) is 2.18. The zero-order valence-electron chi connectivity index (χ0n) is 9.76. The fraction of sp³-hybridized carbons (Fsp3) is 0.308. The van der Waals surface area contributed by atoms with Crippen LogP contribution in [0.5, 0.6) is 0 Å². The second-order valence-corrected chi connectivity index (χ2v) is 3.83. The van der Waals surface area contributed by atoms with Gasteiger partial charge in [-0.25, -0.2) is 0 Å². The number of nitrogens with one attached hydrogen (secondary N) is 1. The molecule has 1 amide bonds. The van der Waals surface area contributed by atoms with Crippen LogP contribution in [0.25, 0.3) is 6.08 Å². The highest BCUT2D eigenvalue weighted by Crippen LogP contribution is 2.04. The van der Waals surface area contributed by atoms with Crippen molar-refractivity contribution in [3.63, 3.8) is 0 Å². The number of carbonyl (C=O) groups is 1. The van der Waals surface area contributed by atoms with Gasteiger partial charge in [0.1, 0.15) is 0 Å². The largest absolute Gasteiger partial charge is 0.394 e. The van der Waals surface area contributed by atoms with E-state index in [2.05, 4.69) is 5.32 Å². The summed E-state index contributed by atoms with van der Waals surface area (Å²) >= 11 is 0. The summed E-state index contributed by atoms with van der Waals surface area (Å²) in [5.74, 6) is -0.293. The summed E-state index contributed by atoms with van der Waals surface area (Å²) in [4.78, 5) is 11.3. The van der Waals surface area contributed by atoms with E-state index in [1.807, 2.05) is 31.2 Å². The van der Waals surface area contributed by atoms with Crippen LogP contribution in [0.1, 0.15) is 11.1 Å².